The summed E-state index contributed by atoms with van der Waals surface area (Å²) >= 11 is 0. The van der Waals surface area contributed by atoms with Crippen LogP contribution < -0.4 is 59.1 Å². The molecule has 0 saturated heterocycles. The van der Waals surface area contributed by atoms with Crippen molar-refractivity contribution in [3.63, 3.8) is 0 Å². The Morgan fingerprint density at radius 1 is 0.897 bits per heavy atom. The van der Waals surface area contributed by atoms with E-state index in [4.69, 9.17) is 4.74 Å². The Labute approximate surface area is 283 Å². The second-order valence-corrected chi connectivity index (χ2v) is 15.6. The van der Waals surface area contributed by atoms with E-state index in [1.54, 1.807) is 5.57 Å². The standard InChI is InChI=1S/C32H50O5.2Na.2H/c1-27(2)22-10-13-32(7)23(30(22,5)12-11-24(27)37-19-25(33)34)9-8-20-21-18-29(4,26(35)36)15-14-28(21,3)16-17-31(20,32)6;;;;/h8,21-24H,9-19H2,1-7H3,(H,33,34)(H,35,36);;;;/q;2*+1;2*-1/t21-,22-,23+,24-,28+,29-,30-,31+,32+;;;;/m0..../s1. The van der Waals surface area contributed by atoms with Gasteiger partial charge in [0.2, 0.25) is 0 Å². The number of carbonyl (C=O) groups is 2. The van der Waals surface area contributed by atoms with Crippen molar-refractivity contribution < 1.29 is 86.5 Å². The fourth-order valence-electron chi connectivity index (χ4n) is 11.0. The minimum atomic E-state index is -0.885. The molecule has 0 heterocycles. The number of fused-ring (bicyclic) bond motifs is 7. The number of rotatable bonds is 4. The van der Waals surface area contributed by atoms with Gasteiger partial charge in [0.1, 0.15) is 6.61 Å². The second-order valence-electron chi connectivity index (χ2n) is 15.6. The molecule has 7 heteroatoms. The minimum absolute atomic E-state index is 0. The molecule has 0 aromatic carbocycles. The van der Waals surface area contributed by atoms with Crippen LogP contribution in [0.15, 0.2) is 11.6 Å². The van der Waals surface area contributed by atoms with Crippen molar-refractivity contribution in [1.29, 1.82) is 0 Å². The van der Waals surface area contributed by atoms with Crippen LogP contribution in [0.1, 0.15) is 116 Å². The Morgan fingerprint density at radius 3 is 2.15 bits per heavy atom. The van der Waals surface area contributed by atoms with E-state index in [0.29, 0.717) is 17.8 Å². The molecule has 39 heavy (non-hydrogen) atoms. The van der Waals surface area contributed by atoms with Crippen LogP contribution >= 0.6 is 0 Å². The Hall–Kier alpha value is 0.640. The summed E-state index contributed by atoms with van der Waals surface area (Å²) in [6, 6.07) is 0. The molecule has 0 spiro atoms. The summed E-state index contributed by atoms with van der Waals surface area (Å²) in [6.45, 7) is 16.5. The average Bonchev–Trinajstić information content (AvgIpc) is 2.79. The maximum atomic E-state index is 12.3. The van der Waals surface area contributed by atoms with Crippen molar-refractivity contribution in [3.05, 3.63) is 11.6 Å². The van der Waals surface area contributed by atoms with Gasteiger partial charge in [-0.1, -0.05) is 53.2 Å². The third-order valence-electron chi connectivity index (χ3n) is 13.7. The molecule has 9 atom stereocenters. The summed E-state index contributed by atoms with van der Waals surface area (Å²) in [5, 5.41) is 19.3. The van der Waals surface area contributed by atoms with Crippen LogP contribution in [0.5, 0.6) is 0 Å². The molecule has 0 radical (unpaired) electrons. The van der Waals surface area contributed by atoms with Gasteiger partial charge in [-0.3, -0.25) is 4.79 Å². The van der Waals surface area contributed by atoms with E-state index >= 15 is 0 Å². The number of hydrogen-bond acceptors (Lipinski definition) is 3. The largest absolute Gasteiger partial charge is 1.00 e. The van der Waals surface area contributed by atoms with Crippen LogP contribution in [-0.4, -0.2) is 34.9 Å². The molecule has 0 amide bonds. The predicted octanol–water partition coefficient (Wildman–Crippen LogP) is 1.58. The molecule has 2 N–H and O–H groups in total. The van der Waals surface area contributed by atoms with Gasteiger partial charge in [0.05, 0.1) is 11.5 Å². The SMILES string of the molecule is CC1(C)[C@@H](OCC(=O)O)CC[C@]2(C)[C@H]3CC=C4[C@@H]5C[C@@](C)(C(=O)O)CC[C@]5(C)CC[C@@]4(C)[C@]3(C)CC[C@@H]12.[H-].[H-].[Na+].[Na+]. The summed E-state index contributed by atoms with van der Waals surface area (Å²) < 4.78 is 5.97. The van der Waals surface area contributed by atoms with Crippen molar-refractivity contribution in [2.75, 3.05) is 6.61 Å². The summed E-state index contributed by atoms with van der Waals surface area (Å²) in [5.74, 6) is -0.0707. The fourth-order valence-corrected chi connectivity index (χ4v) is 11.0. The maximum Gasteiger partial charge on any atom is 1.00 e. The molecule has 0 aliphatic heterocycles. The van der Waals surface area contributed by atoms with E-state index in [1.165, 1.54) is 19.3 Å². The van der Waals surface area contributed by atoms with Crippen LogP contribution in [0, 0.1) is 50.2 Å². The van der Waals surface area contributed by atoms with Gasteiger partial charge in [-0.05, 0) is 116 Å². The first kappa shape index (κ1) is 34.1. The second kappa shape index (κ2) is 11.0. The third-order valence-corrected chi connectivity index (χ3v) is 13.7. The van der Waals surface area contributed by atoms with Gasteiger partial charge in [0.25, 0.3) is 0 Å². The molecule has 4 fully saturated rings. The van der Waals surface area contributed by atoms with Crippen LogP contribution in [-0.2, 0) is 14.3 Å². The molecular formula is C32H52Na2O5. The summed E-state index contributed by atoms with van der Waals surface area (Å²) in [5.41, 5.74) is 1.60. The summed E-state index contributed by atoms with van der Waals surface area (Å²) in [7, 11) is 0. The molecule has 212 valence electrons. The number of allylic oxidation sites excluding steroid dienone is 2. The number of ether oxygens (including phenoxy) is 1. The molecule has 4 saturated carbocycles. The van der Waals surface area contributed by atoms with E-state index < -0.39 is 17.4 Å². The Kier molecular flexibility index (Phi) is 9.60. The van der Waals surface area contributed by atoms with Crippen LogP contribution in [0.25, 0.3) is 0 Å². The zero-order valence-corrected chi connectivity index (χ0v) is 30.3. The first-order valence-corrected chi connectivity index (χ1v) is 14.8. The number of carboxylic acid groups (broad SMARTS) is 2. The van der Waals surface area contributed by atoms with E-state index in [9.17, 15) is 19.8 Å². The van der Waals surface area contributed by atoms with Crippen LogP contribution in [0.4, 0.5) is 0 Å². The van der Waals surface area contributed by atoms with Crippen molar-refractivity contribution >= 4 is 11.9 Å². The third kappa shape index (κ3) is 4.92. The topological polar surface area (TPSA) is 83.8 Å². The van der Waals surface area contributed by atoms with Crippen LogP contribution in [0.2, 0.25) is 0 Å². The first-order chi connectivity index (χ1) is 17.0. The fraction of sp³-hybridized carbons (Fsp3) is 0.875. The molecule has 5 aliphatic carbocycles. The molecule has 0 unspecified atom stereocenters. The number of carboxylic acids is 2. The van der Waals surface area contributed by atoms with E-state index in [-0.39, 0.29) is 102 Å². The number of aliphatic carboxylic acids is 2. The van der Waals surface area contributed by atoms with E-state index in [0.717, 1.165) is 44.9 Å². The van der Waals surface area contributed by atoms with Crippen molar-refractivity contribution in [2.45, 2.75) is 119 Å². The summed E-state index contributed by atoms with van der Waals surface area (Å²) in [6.07, 6.45) is 13.0. The Bertz CT molecular complexity index is 1040. The maximum absolute atomic E-state index is 12.3. The minimum Gasteiger partial charge on any atom is -1.00 e. The summed E-state index contributed by atoms with van der Waals surface area (Å²) in [4.78, 5) is 23.5. The average molecular weight is 563 g/mol. The van der Waals surface area contributed by atoms with Gasteiger partial charge in [-0.2, -0.15) is 0 Å². The monoisotopic (exact) mass is 562 g/mol. The van der Waals surface area contributed by atoms with E-state index in [1.807, 2.05) is 6.92 Å². The quantitative estimate of drug-likeness (QED) is 0.402. The van der Waals surface area contributed by atoms with Gasteiger partial charge in [0.15, 0.2) is 0 Å². The van der Waals surface area contributed by atoms with Crippen molar-refractivity contribution in [3.8, 4) is 0 Å². The predicted molar refractivity (Wildman–Crippen MR) is 146 cm³/mol. The molecule has 5 rings (SSSR count). The van der Waals surface area contributed by atoms with E-state index in [2.05, 4.69) is 47.6 Å². The van der Waals surface area contributed by atoms with Gasteiger partial charge < -0.3 is 17.8 Å². The first-order valence-electron chi connectivity index (χ1n) is 14.8. The molecule has 0 aromatic heterocycles. The van der Waals surface area contributed by atoms with Crippen LogP contribution in [0.3, 0.4) is 0 Å². The smallest absolute Gasteiger partial charge is 1.00 e. The van der Waals surface area contributed by atoms with Gasteiger partial charge in [-0.25, -0.2) is 4.79 Å². The number of hydrogen-bond donors (Lipinski definition) is 2. The Morgan fingerprint density at radius 2 is 1.54 bits per heavy atom. The zero-order valence-electron chi connectivity index (χ0n) is 28.3. The van der Waals surface area contributed by atoms with Crippen molar-refractivity contribution in [2.24, 2.45) is 50.2 Å². The zero-order chi connectivity index (χ0) is 27.2. The molecular weight excluding hydrogens is 510 g/mol. The molecule has 5 aliphatic rings. The van der Waals surface area contributed by atoms with Crippen molar-refractivity contribution in [1.82, 2.24) is 0 Å². The molecule has 0 aromatic rings. The van der Waals surface area contributed by atoms with Gasteiger partial charge >= 0.3 is 71.1 Å². The Balaban J connectivity index is 0.00000210. The molecule has 0 bridgehead atoms. The normalized spacial score (nSPS) is 47.9. The molecule has 5 nitrogen and oxygen atoms in total. The van der Waals surface area contributed by atoms with Gasteiger partial charge in [-0.15, -0.1) is 0 Å². The van der Waals surface area contributed by atoms with Gasteiger partial charge in [0, 0.05) is 0 Å².